The van der Waals surface area contributed by atoms with Crippen molar-refractivity contribution in [3.05, 3.63) is 81.6 Å². The van der Waals surface area contributed by atoms with Crippen LogP contribution in [0.2, 0.25) is 0 Å². The van der Waals surface area contributed by atoms with Gasteiger partial charge in [0.05, 0.1) is 16.9 Å². The van der Waals surface area contributed by atoms with Crippen molar-refractivity contribution in [3.8, 4) is 0 Å². The Morgan fingerprint density at radius 2 is 1.80 bits per heavy atom. The molecule has 1 aliphatic carbocycles. The van der Waals surface area contributed by atoms with Gasteiger partial charge in [-0.05, 0) is 62.3 Å². The number of aryl methyl sites for hydroxylation is 1. The number of hydrogen-bond acceptors (Lipinski definition) is 3. The fourth-order valence-electron chi connectivity index (χ4n) is 3.92. The number of nitrogens with zero attached hydrogens (tertiary/aromatic N) is 2. The van der Waals surface area contributed by atoms with E-state index in [1.54, 1.807) is 0 Å². The molecule has 2 N–H and O–H groups in total. The van der Waals surface area contributed by atoms with E-state index in [1.807, 2.05) is 60.9 Å². The molecule has 0 radical (unpaired) electrons. The maximum absolute atomic E-state index is 12.6. The first-order valence-electron chi connectivity index (χ1n) is 10.8. The van der Waals surface area contributed by atoms with Crippen molar-refractivity contribution >= 4 is 28.0 Å². The average molecular weight is 400 g/mol. The number of rotatable bonds is 6. The number of pyridine rings is 1. The summed E-state index contributed by atoms with van der Waals surface area (Å²) in [4.78, 5) is 17.5. The number of nitrogens with two attached hydrogens (primary N) is 1. The molecule has 0 amide bonds. The Labute approximate surface area is 177 Å². The quantitative estimate of drug-likeness (QED) is 0.436. The molecule has 1 saturated carbocycles. The molecule has 0 atom stereocenters. The number of hydrogen-bond donors (Lipinski definition) is 1. The Kier molecular flexibility index (Phi) is 5.58. The molecule has 30 heavy (non-hydrogen) atoms. The molecular formula is C26H29N3O. The summed E-state index contributed by atoms with van der Waals surface area (Å²) in [6.07, 6.45) is 3.16. The molecule has 3 aromatic rings. The van der Waals surface area contributed by atoms with Crippen LogP contribution < -0.4 is 11.3 Å². The van der Waals surface area contributed by atoms with Gasteiger partial charge in [0.15, 0.2) is 0 Å². The molecule has 1 aromatic heterocycles. The van der Waals surface area contributed by atoms with E-state index in [2.05, 4.69) is 19.1 Å². The van der Waals surface area contributed by atoms with Gasteiger partial charge in [-0.15, -0.1) is 0 Å². The Morgan fingerprint density at radius 1 is 1.07 bits per heavy atom. The third kappa shape index (κ3) is 3.82. The summed E-state index contributed by atoms with van der Waals surface area (Å²) < 4.78 is 1.84. The van der Waals surface area contributed by atoms with E-state index in [4.69, 9.17) is 10.7 Å². The molecule has 0 aliphatic heterocycles. The van der Waals surface area contributed by atoms with Crippen LogP contribution in [0.5, 0.6) is 0 Å². The molecule has 4 nitrogen and oxygen atoms in total. The monoisotopic (exact) mass is 399 g/mol. The molecule has 0 bridgehead atoms. The SMILES string of the molecule is CCC(C)=N/C(=C(\N)c1ccccc1)c1ccc2c(c1)c(C1CC1)cc(=O)n2CC. The lowest BCUT2D eigenvalue weighted by molar-refractivity contribution is 0.757. The van der Waals surface area contributed by atoms with Crippen molar-refractivity contribution < 1.29 is 0 Å². The van der Waals surface area contributed by atoms with Crippen LogP contribution in [0.1, 0.15) is 62.6 Å². The number of aliphatic imine (C=N–C) groups is 1. The summed E-state index contributed by atoms with van der Waals surface area (Å²) in [5.74, 6) is 0.488. The van der Waals surface area contributed by atoms with Gasteiger partial charge in [-0.1, -0.05) is 43.3 Å². The van der Waals surface area contributed by atoms with Crippen LogP contribution in [0.25, 0.3) is 22.3 Å². The largest absolute Gasteiger partial charge is 0.396 e. The number of fused-ring (bicyclic) bond motifs is 1. The zero-order chi connectivity index (χ0) is 21.3. The van der Waals surface area contributed by atoms with Crippen LogP contribution in [-0.2, 0) is 6.54 Å². The minimum absolute atomic E-state index is 0.0825. The van der Waals surface area contributed by atoms with Gasteiger partial charge in [-0.3, -0.25) is 9.79 Å². The highest BCUT2D eigenvalue weighted by molar-refractivity contribution is 5.98. The minimum Gasteiger partial charge on any atom is -0.396 e. The minimum atomic E-state index is 0.0825. The van der Waals surface area contributed by atoms with Gasteiger partial charge in [-0.2, -0.15) is 0 Å². The van der Waals surface area contributed by atoms with Gasteiger partial charge in [0, 0.05) is 29.3 Å². The Balaban J connectivity index is 1.98. The summed E-state index contributed by atoms with van der Waals surface area (Å²) in [6.45, 7) is 6.80. The van der Waals surface area contributed by atoms with Crippen molar-refractivity contribution in [2.75, 3.05) is 0 Å². The molecule has 4 rings (SSSR count). The summed E-state index contributed by atoms with van der Waals surface area (Å²) in [7, 11) is 0. The fourth-order valence-corrected chi connectivity index (χ4v) is 3.92. The van der Waals surface area contributed by atoms with E-state index in [-0.39, 0.29) is 5.56 Å². The average Bonchev–Trinajstić information content (AvgIpc) is 3.62. The third-order valence-electron chi connectivity index (χ3n) is 5.90. The number of aromatic nitrogens is 1. The van der Waals surface area contributed by atoms with Gasteiger partial charge in [-0.25, -0.2) is 0 Å². The highest BCUT2D eigenvalue weighted by Crippen LogP contribution is 2.43. The lowest BCUT2D eigenvalue weighted by Crippen LogP contribution is -2.19. The van der Waals surface area contributed by atoms with E-state index < -0.39 is 0 Å². The predicted octanol–water partition coefficient (Wildman–Crippen LogP) is 5.55. The molecule has 1 fully saturated rings. The Bertz CT molecular complexity index is 1200. The van der Waals surface area contributed by atoms with Crippen LogP contribution in [0.4, 0.5) is 0 Å². The van der Waals surface area contributed by atoms with Crippen LogP contribution in [0, 0.1) is 0 Å². The molecule has 154 valence electrons. The molecule has 4 heteroatoms. The van der Waals surface area contributed by atoms with Crippen LogP contribution >= 0.6 is 0 Å². The Hall–Kier alpha value is -3.14. The van der Waals surface area contributed by atoms with Crippen LogP contribution in [0.15, 0.2) is 64.4 Å². The molecule has 0 saturated heterocycles. The van der Waals surface area contributed by atoms with E-state index in [0.29, 0.717) is 18.2 Å². The zero-order valence-corrected chi connectivity index (χ0v) is 18.0. The Morgan fingerprint density at radius 3 is 2.43 bits per heavy atom. The topological polar surface area (TPSA) is 60.4 Å². The van der Waals surface area contributed by atoms with E-state index in [0.717, 1.165) is 58.3 Å². The van der Waals surface area contributed by atoms with Crippen molar-refractivity contribution in [3.63, 3.8) is 0 Å². The van der Waals surface area contributed by atoms with Crippen molar-refractivity contribution in [1.82, 2.24) is 4.57 Å². The first-order chi connectivity index (χ1) is 14.5. The lowest BCUT2D eigenvalue weighted by Gasteiger charge is -2.15. The maximum Gasteiger partial charge on any atom is 0.251 e. The van der Waals surface area contributed by atoms with Crippen molar-refractivity contribution in [1.29, 1.82) is 0 Å². The zero-order valence-electron chi connectivity index (χ0n) is 18.0. The number of benzene rings is 2. The second-order valence-corrected chi connectivity index (χ2v) is 8.02. The summed E-state index contributed by atoms with van der Waals surface area (Å²) in [5, 5.41) is 1.14. The summed E-state index contributed by atoms with van der Waals surface area (Å²) in [6, 6.07) is 18.1. The molecule has 2 aromatic carbocycles. The van der Waals surface area contributed by atoms with Crippen LogP contribution in [0.3, 0.4) is 0 Å². The van der Waals surface area contributed by atoms with E-state index in [9.17, 15) is 4.79 Å². The van der Waals surface area contributed by atoms with Gasteiger partial charge in [0.1, 0.15) is 0 Å². The molecule has 1 aliphatic rings. The third-order valence-corrected chi connectivity index (χ3v) is 5.90. The summed E-state index contributed by atoms with van der Waals surface area (Å²) in [5.41, 5.74) is 13.3. The first kappa shape index (κ1) is 20.1. The van der Waals surface area contributed by atoms with E-state index >= 15 is 0 Å². The van der Waals surface area contributed by atoms with Gasteiger partial charge in [0.2, 0.25) is 0 Å². The van der Waals surface area contributed by atoms with Gasteiger partial charge >= 0.3 is 0 Å². The van der Waals surface area contributed by atoms with Crippen LogP contribution in [-0.4, -0.2) is 10.3 Å². The maximum atomic E-state index is 12.6. The summed E-state index contributed by atoms with van der Waals surface area (Å²) >= 11 is 0. The predicted molar refractivity (Wildman–Crippen MR) is 127 cm³/mol. The normalized spacial score (nSPS) is 15.4. The molecular weight excluding hydrogens is 370 g/mol. The smallest absolute Gasteiger partial charge is 0.251 e. The standard InChI is InChI=1S/C26H29N3O/c1-4-17(3)28-26(25(27)19-9-7-6-8-10-19)20-13-14-23-22(15-20)21(18-11-12-18)16-24(30)29(23)5-2/h6-10,13-16,18H,4-5,11-12,27H2,1-3H3/b26-25-,28-17?. The second-order valence-electron chi connectivity index (χ2n) is 8.02. The first-order valence-corrected chi connectivity index (χ1v) is 10.8. The molecule has 1 heterocycles. The van der Waals surface area contributed by atoms with Crippen molar-refractivity contribution in [2.45, 2.75) is 52.5 Å². The van der Waals surface area contributed by atoms with Crippen molar-refractivity contribution in [2.24, 2.45) is 10.7 Å². The lowest BCUT2D eigenvalue weighted by atomic mass is 9.99. The second kappa shape index (κ2) is 8.31. The van der Waals surface area contributed by atoms with Gasteiger partial charge in [0.25, 0.3) is 5.56 Å². The molecule has 0 spiro atoms. The van der Waals surface area contributed by atoms with Gasteiger partial charge < -0.3 is 10.3 Å². The highest BCUT2D eigenvalue weighted by Gasteiger charge is 2.27. The fraction of sp³-hybridized carbons (Fsp3) is 0.308. The highest BCUT2D eigenvalue weighted by atomic mass is 16.1. The van der Waals surface area contributed by atoms with E-state index in [1.165, 1.54) is 0 Å². The molecule has 0 unspecified atom stereocenters.